The minimum atomic E-state index is -4.11. The van der Waals surface area contributed by atoms with Crippen molar-refractivity contribution in [2.45, 2.75) is 47.2 Å². The Hall–Kier alpha value is -2.10. The van der Waals surface area contributed by atoms with Gasteiger partial charge in [0.2, 0.25) is 0 Å². The zero-order valence-electron chi connectivity index (χ0n) is 15.4. The molecule has 0 aromatic carbocycles. The molecule has 146 valence electrons. The molecule has 8 atom stereocenters. The first-order chi connectivity index (χ1) is 13.9. The summed E-state index contributed by atoms with van der Waals surface area (Å²) >= 11 is 0. The van der Waals surface area contributed by atoms with Crippen molar-refractivity contribution in [3.8, 4) is 0 Å². The second-order valence-corrected chi connectivity index (χ2v) is 36.4. The van der Waals surface area contributed by atoms with Gasteiger partial charge in [0.15, 0.2) is 0 Å². The second-order valence-electron chi connectivity index (χ2n) is 13.2. The number of furan rings is 2. The van der Waals surface area contributed by atoms with Gasteiger partial charge in [-0.3, -0.25) is 0 Å². The Morgan fingerprint density at radius 1 is 0.759 bits per heavy atom. The zero-order valence-corrected chi connectivity index (χ0v) is 16.5. The van der Waals surface area contributed by atoms with Crippen molar-refractivity contribution in [1.29, 1.82) is 0 Å². The van der Waals surface area contributed by atoms with Gasteiger partial charge in [0.25, 0.3) is 0 Å². The standard InChI is InChI=1S/2C12H9O2.Fe/c2*13-12(10-4-1-2-5-10)8-7-11-6-3-9-14-11;/h2*1-9H;. The van der Waals surface area contributed by atoms with Crippen LogP contribution < -0.4 is 0 Å². The Labute approximate surface area is 156 Å². The third-order valence-electron chi connectivity index (χ3n) is 17.5. The predicted octanol–water partition coefficient (Wildman–Crippen LogP) is 5.87. The fourth-order valence-corrected chi connectivity index (χ4v) is 94.7. The molecule has 29 heavy (non-hydrogen) atoms. The van der Waals surface area contributed by atoms with Gasteiger partial charge in [-0.15, -0.1) is 0 Å². The van der Waals surface area contributed by atoms with Crippen LogP contribution in [0.15, 0.2) is 57.8 Å². The number of hydrogen-bond acceptors (Lipinski definition) is 4. The van der Waals surface area contributed by atoms with Gasteiger partial charge in [0, 0.05) is 0 Å². The summed E-state index contributed by atoms with van der Waals surface area (Å²) in [5.41, 5.74) is 0. The quantitative estimate of drug-likeness (QED) is 0.429. The van der Waals surface area contributed by atoms with E-state index in [0.717, 1.165) is 30.8 Å². The molecule has 1 spiro atoms. The summed E-state index contributed by atoms with van der Waals surface area (Å²) in [5.74, 6) is 2.28. The maximum absolute atomic E-state index is 13.8. The molecule has 2 aromatic heterocycles. The normalized spacial score (nSPS) is 77.7. The van der Waals surface area contributed by atoms with Crippen LogP contribution in [0.3, 0.4) is 0 Å². The van der Waals surface area contributed by atoms with Crippen molar-refractivity contribution in [2.24, 2.45) is 0 Å². The van der Waals surface area contributed by atoms with Crippen molar-refractivity contribution in [1.82, 2.24) is 0 Å². The van der Waals surface area contributed by atoms with Gasteiger partial charge in [-0.05, 0) is 0 Å². The van der Waals surface area contributed by atoms with Crippen molar-refractivity contribution in [3.05, 3.63) is 60.5 Å². The summed E-state index contributed by atoms with van der Waals surface area (Å²) in [6, 6.07) is 7.50. The number of ketones is 2. The van der Waals surface area contributed by atoms with E-state index in [1.807, 2.05) is 48.6 Å². The van der Waals surface area contributed by atoms with E-state index >= 15 is 0 Å². The van der Waals surface area contributed by atoms with Crippen molar-refractivity contribution in [2.75, 3.05) is 0 Å². The van der Waals surface area contributed by atoms with Crippen LogP contribution in [0.5, 0.6) is 0 Å². The molecule has 4 nitrogen and oxygen atoms in total. The maximum atomic E-state index is 13.8. The fraction of sp³-hybridized carbons (Fsp3) is 0.417. The van der Waals surface area contributed by atoms with Gasteiger partial charge in [-0.25, -0.2) is 0 Å². The first-order valence-corrected chi connectivity index (χ1v) is 16.9. The monoisotopic (exact) mass is 426 g/mol. The van der Waals surface area contributed by atoms with Crippen molar-refractivity contribution < 1.29 is 24.9 Å². The molecule has 10 aliphatic heterocycles. The topological polar surface area (TPSA) is 60.4 Å². The van der Waals surface area contributed by atoms with E-state index in [-0.39, 0.29) is 8.63 Å². The van der Waals surface area contributed by atoms with Crippen molar-refractivity contribution in [3.63, 3.8) is 0 Å². The molecule has 10 aliphatic rings. The van der Waals surface area contributed by atoms with E-state index in [1.165, 1.54) is 0 Å². The van der Waals surface area contributed by atoms with Gasteiger partial charge in [0.05, 0.1) is 0 Å². The number of carbonyl (C=O) groups excluding carboxylic acids is 2. The van der Waals surface area contributed by atoms with E-state index < -0.39 is 6.51 Å². The first kappa shape index (κ1) is 12.6. The fourth-order valence-electron chi connectivity index (χ4n) is 19.2. The average Bonchev–Trinajstić information content (AvgIpc) is 3.58. The molecule has 8 unspecified atom stereocenters. The van der Waals surface area contributed by atoms with Crippen LogP contribution in [0.2, 0.25) is 47.2 Å². The molecule has 0 radical (unpaired) electrons. The summed E-state index contributed by atoms with van der Waals surface area (Å²) in [4.78, 5) is 34.0. The number of carbonyl (C=O) groups is 2. The summed E-state index contributed by atoms with van der Waals surface area (Å²) in [5, 5.41) is 0. The SMILES string of the molecule is O=C(C=Cc1ccco1)[C]12[CH]3[CH]4[CH]5[CH]1[Fe]45321678[CH]2[CH]1[CH]6[C]7(C(=O)C=Cc1ccco1)[CH]28. The minimum absolute atomic E-state index is 0.00563. The van der Waals surface area contributed by atoms with Crippen LogP contribution in [-0.4, -0.2) is 11.6 Å². The Balaban J connectivity index is 1.09. The molecule has 2 aromatic rings. The molecule has 10 saturated heterocycles. The van der Waals surface area contributed by atoms with Crippen LogP contribution in [-0.2, 0) is 16.1 Å². The van der Waals surface area contributed by atoms with E-state index in [0.29, 0.717) is 30.8 Å². The van der Waals surface area contributed by atoms with Gasteiger partial charge >= 0.3 is 156 Å². The Morgan fingerprint density at radius 3 is 1.48 bits per heavy atom. The third-order valence-corrected chi connectivity index (χ3v) is 60.1. The molecular formula is C24H18FeO4. The van der Waals surface area contributed by atoms with E-state index in [2.05, 4.69) is 0 Å². The number of rotatable bonds is 6. The van der Waals surface area contributed by atoms with Gasteiger partial charge in [-0.2, -0.15) is 0 Å². The Bertz CT molecular complexity index is 1610. The Kier molecular flexibility index (Phi) is 0.657. The molecule has 0 saturated carbocycles. The first-order valence-electron chi connectivity index (χ1n) is 10.7. The van der Waals surface area contributed by atoms with E-state index in [4.69, 9.17) is 8.83 Å². The zero-order chi connectivity index (χ0) is 18.7. The number of allylic oxidation sites excluding steroid dienone is 2. The Morgan fingerprint density at radius 2 is 1.17 bits per heavy atom. The van der Waals surface area contributed by atoms with E-state index in [1.54, 1.807) is 12.5 Å². The molecule has 5 heteroatoms. The van der Waals surface area contributed by atoms with Crippen molar-refractivity contribution >= 4 is 23.7 Å². The molecule has 10 fully saturated rings. The van der Waals surface area contributed by atoms with Crippen LogP contribution in [0.1, 0.15) is 11.5 Å². The summed E-state index contributed by atoms with van der Waals surface area (Å²) in [6.07, 6.45) is 10.7. The number of hydrogen-bond donors (Lipinski definition) is 0. The third kappa shape index (κ3) is 0.219. The molecule has 0 aliphatic carbocycles. The van der Waals surface area contributed by atoms with Crippen LogP contribution in [0.4, 0.5) is 0 Å². The average molecular weight is 426 g/mol. The molecule has 0 N–H and O–H groups in total. The molecular weight excluding hydrogens is 408 g/mol. The molecule has 12 rings (SSSR count). The summed E-state index contributed by atoms with van der Waals surface area (Å²) in [6.45, 7) is -4.11. The second kappa shape index (κ2) is 1.52. The summed E-state index contributed by atoms with van der Waals surface area (Å²) < 4.78 is 10.8. The van der Waals surface area contributed by atoms with Crippen LogP contribution in [0, 0.1) is 0 Å². The summed E-state index contributed by atoms with van der Waals surface area (Å²) in [7, 11) is 0. The molecule has 0 bridgehead atoms. The predicted molar refractivity (Wildman–Crippen MR) is 101 cm³/mol. The van der Waals surface area contributed by atoms with Gasteiger partial charge in [0.1, 0.15) is 0 Å². The molecule has 0 amide bonds. The number of fused-ring (bicyclic) bond motifs is 10. The van der Waals surface area contributed by atoms with Crippen LogP contribution in [0.25, 0.3) is 12.2 Å². The van der Waals surface area contributed by atoms with E-state index in [9.17, 15) is 9.59 Å². The molecule has 12 heterocycles. The van der Waals surface area contributed by atoms with Gasteiger partial charge in [-0.1, -0.05) is 0 Å². The van der Waals surface area contributed by atoms with Crippen LogP contribution >= 0.6 is 0 Å². The van der Waals surface area contributed by atoms with Gasteiger partial charge < -0.3 is 0 Å².